The van der Waals surface area contributed by atoms with Crippen LogP contribution in [-0.4, -0.2) is 55.9 Å². The molecular weight excluding hydrogens is 390 g/mol. The predicted octanol–water partition coefficient (Wildman–Crippen LogP) is 4.58. The van der Waals surface area contributed by atoms with E-state index in [2.05, 4.69) is 10.3 Å². The van der Waals surface area contributed by atoms with Gasteiger partial charge in [0.25, 0.3) is 0 Å². The third kappa shape index (κ3) is 4.49. The van der Waals surface area contributed by atoms with E-state index in [4.69, 9.17) is 14.2 Å². The van der Waals surface area contributed by atoms with E-state index in [-0.39, 0.29) is 12.1 Å². The summed E-state index contributed by atoms with van der Waals surface area (Å²) in [6.07, 6.45) is 6.51. The second kappa shape index (κ2) is 9.28. The van der Waals surface area contributed by atoms with Crippen LogP contribution in [0.5, 0.6) is 5.75 Å². The molecule has 1 aliphatic heterocycles. The molecule has 2 aromatic rings. The summed E-state index contributed by atoms with van der Waals surface area (Å²) in [6, 6.07) is 4.24. The van der Waals surface area contributed by atoms with Crippen molar-refractivity contribution in [1.82, 2.24) is 9.88 Å². The molecule has 1 aromatic carbocycles. The van der Waals surface area contributed by atoms with Gasteiger partial charge in [0.05, 0.1) is 18.4 Å². The lowest BCUT2D eigenvalue weighted by molar-refractivity contribution is 0.0240. The molecule has 29 heavy (non-hydrogen) atoms. The van der Waals surface area contributed by atoms with E-state index in [1.165, 1.54) is 30.6 Å². The molecule has 7 nitrogen and oxygen atoms in total. The highest BCUT2D eigenvalue weighted by atomic mass is 32.1. The molecule has 1 unspecified atom stereocenters. The summed E-state index contributed by atoms with van der Waals surface area (Å²) in [4.78, 5) is 19.2. The minimum Gasteiger partial charge on any atom is -0.494 e. The summed E-state index contributed by atoms with van der Waals surface area (Å²) in [5.74, 6) is 0.690. The Balaban J connectivity index is 1.54. The van der Waals surface area contributed by atoms with Gasteiger partial charge in [0.15, 0.2) is 10.9 Å². The van der Waals surface area contributed by atoms with E-state index < -0.39 is 0 Å². The van der Waals surface area contributed by atoms with Crippen molar-refractivity contribution in [2.75, 3.05) is 39.3 Å². The minimum atomic E-state index is -0.172. The molecule has 0 spiro atoms. The smallest absolute Gasteiger partial charge is 0.323 e. The van der Waals surface area contributed by atoms with Gasteiger partial charge in [-0.15, -0.1) is 0 Å². The first kappa shape index (κ1) is 20.4. The second-order valence-electron chi connectivity index (χ2n) is 7.67. The van der Waals surface area contributed by atoms with Crippen LogP contribution in [0, 0.1) is 0 Å². The van der Waals surface area contributed by atoms with Crippen molar-refractivity contribution in [1.29, 1.82) is 0 Å². The van der Waals surface area contributed by atoms with Gasteiger partial charge in [0, 0.05) is 31.9 Å². The fraction of sp³-hybridized carbons (Fsp3) is 0.619. The summed E-state index contributed by atoms with van der Waals surface area (Å²) in [6.45, 7) is 1.88. The topological polar surface area (TPSA) is 72.9 Å². The molecule has 4 rings (SSSR count). The fourth-order valence-corrected chi connectivity index (χ4v) is 4.98. The molecule has 1 aromatic heterocycles. The largest absolute Gasteiger partial charge is 0.494 e. The van der Waals surface area contributed by atoms with Crippen molar-refractivity contribution in [2.45, 2.75) is 50.7 Å². The van der Waals surface area contributed by atoms with Gasteiger partial charge in [-0.2, -0.15) is 0 Å². The summed E-state index contributed by atoms with van der Waals surface area (Å²) >= 11 is 1.46. The Hall–Kier alpha value is -1.90. The number of thiazole rings is 1. The van der Waals surface area contributed by atoms with Crippen molar-refractivity contribution < 1.29 is 19.0 Å². The van der Waals surface area contributed by atoms with Crippen LogP contribution in [0.1, 0.15) is 50.2 Å². The van der Waals surface area contributed by atoms with Gasteiger partial charge >= 0.3 is 6.03 Å². The molecule has 1 N–H and O–H groups in total. The zero-order chi connectivity index (χ0) is 20.2. The third-order valence-corrected chi connectivity index (χ3v) is 6.71. The summed E-state index contributed by atoms with van der Waals surface area (Å²) in [5.41, 5.74) is 1.68. The zero-order valence-electron chi connectivity index (χ0n) is 17.1. The van der Waals surface area contributed by atoms with Gasteiger partial charge in [-0.25, -0.2) is 9.78 Å². The number of rotatable bonds is 4. The van der Waals surface area contributed by atoms with Crippen LogP contribution < -0.4 is 10.1 Å². The lowest BCUT2D eigenvalue weighted by atomic mass is 9.95. The Bertz CT molecular complexity index is 842. The highest BCUT2D eigenvalue weighted by Gasteiger charge is 2.25. The molecule has 1 atom stereocenters. The average Bonchev–Trinajstić information content (AvgIpc) is 2.97. The van der Waals surface area contributed by atoms with E-state index in [1.807, 2.05) is 24.1 Å². The van der Waals surface area contributed by atoms with Crippen LogP contribution in [-0.2, 0) is 9.47 Å². The van der Waals surface area contributed by atoms with Gasteiger partial charge in [-0.3, -0.25) is 5.32 Å². The Kier molecular flexibility index (Phi) is 6.52. The van der Waals surface area contributed by atoms with Gasteiger partial charge in [-0.05, 0) is 25.3 Å². The van der Waals surface area contributed by atoms with Crippen LogP contribution in [0.4, 0.5) is 9.93 Å². The molecule has 2 aliphatic rings. The highest BCUT2D eigenvalue weighted by Crippen LogP contribution is 2.39. The molecule has 158 valence electrons. The number of amides is 2. The molecule has 2 amide bonds. The first-order valence-corrected chi connectivity index (χ1v) is 11.2. The number of anilines is 1. The first-order chi connectivity index (χ1) is 14.2. The minimum absolute atomic E-state index is 0.101. The number of aromatic nitrogens is 1. The number of carbonyl (C=O) groups excluding carboxylic acids is 1. The number of benzene rings is 1. The van der Waals surface area contributed by atoms with Crippen molar-refractivity contribution in [3.63, 3.8) is 0 Å². The summed E-state index contributed by atoms with van der Waals surface area (Å²) in [5, 5.41) is 3.56. The summed E-state index contributed by atoms with van der Waals surface area (Å²) < 4.78 is 18.3. The van der Waals surface area contributed by atoms with Crippen LogP contribution in [0.3, 0.4) is 0 Å². The molecule has 8 heteroatoms. The normalized spacial score (nSPS) is 21.0. The number of nitrogens with zero attached hydrogens (tertiary/aromatic N) is 2. The monoisotopic (exact) mass is 419 g/mol. The maximum atomic E-state index is 12.7. The molecule has 1 aliphatic carbocycles. The second-order valence-corrected chi connectivity index (χ2v) is 8.71. The van der Waals surface area contributed by atoms with E-state index in [0.29, 0.717) is 36.7 Å². The Morgan fingerprint density at radius 1 is 1.24 bits per heavy atom. The fourth-order valence-electron chi connectivity index (χ4n) is 4.13. The summed E-state index contributed by atoms with van der Waals surface area (Å²) in [7, 11) is 3.52. The molecular formula is C21H29N3O4S. The van der Waals surface area contributed by atoms with Gasteiger partial charge in [0.2, 0.25) is 0 Å². The van der Waals surface area contributed by atoms with Crippen molar-refractivity contribution in [3.8, 4) is 5.75 Å². The van der Waals surface area contributed by atoms with Crippen molar-refractivity contribution in [2.24, 2.45) is 0 Å². The number of methoxy groups -OCH3 is 1. The van der Waals surface area contributed by atoms with Crippen LogP contribution in [0.15, 0.2) is 12.1 Å². The number of hydrogen-bond donors (Lipinski definition) is 1. The molecule has 1 saturated carbocycles. The SMILES string of the molecule is COc1c(C2COCCCO2)ccc2sc(NC(=O)N(C)C3CCCCC3)nc12. The van der Waals surface area contributed by atoms with Gasteiger partial charge < -0.3 is 19.1 Å². The Labute approximate surface area is 175 Å². The predicted molar refractivity (Wildman–Crippen MR) is 114 cm³/mol. The first-order valence-electron chi connectivity index (χ1n) is 10.4. The third-order valence-electron chi connectivity index (χ3n) is 5.77. The lowest BCUT2D eigenvalue weighted by Crippen LogP contribution is -2.40. The lowest BCUT2D eigenvalue weighted by Gasteiger charge is -2.30. The Morgan fingerprint density at radius 2 is 2.07 bits per heavy atom. The van der Waals surface area contributed by atoms with E-state index in [0.717, 1.165) is 35.0 Å². The number of ether oxygens (including phenoxy) is 3. The number of fused-ring (bicyclic) bond motifs is 1. The quantitative estimate of drug-likeness (QED) is 0.785. The van der Waals surface area contributed by atoms with Crippen molar-refractivity contribution >= 4 is 32.7 Å². The Morgan fingerprint density at radius 3 is 2.86 bits per heavy atom. The van der Waals surface area contributed by atoms with Crippen LogP contribution in [0.25, 0.3) is 10.2 Å². The molecule has 0 radical (unpaired) electrons. The standard InChI is InChI=1S/C21H29N3O4S/c1-24(14-7-4-3-5-8-14)21(25)23-20-22-18-17(29-20)10-9-15(19(18)26-2)16-13-27-11-6-12-28-16/h9-10,14,16H,3-8,11-13H2,1-2H3,(H,22,23,25). The molecule has 2 heterocycles. The number of hydrogen-bond acceptors (Lipinski definition) is 6. The maximum absolute atomic E-state index is 12.7. The number of nitrogens with one attached hydrogen (secondary N) is 1. The number of carbonyl (C=O) groups is 1. The highest BCUT2D eigenvalue weighted by molar-refractivity contribution is 7.22. The van der Waals surface area contributed by atoms with Gasteiger partial charge in [0.1, 0.15) is 11.6 Å². The van der Waals surface area contributed by atoms with Gasteiger partial charge in [-0.1, -0.05) is 36.7 Å². The molecule has 1 saturated heterocycles. The van der Waals surface area contributed by atoms with E-state index >= 15 is 0 Å². The van der Waals surface area contributed by atoms with Crippen molar-refractivity contribution in [3.05, 3.63) is 17.7 Å². The average molecular weight is 420 g/mol. The zero-order valence-corrected chi connectivity index (χ0v) is 17.9. The van der Waals surface area contributed by atoms with E-state index in [9.17, 15) is 4.79 Å². The van der Waals surface area contributed by atoms with Crippen LogP contribution in [0.2, 0.25) is 0 Å². The number of urea groups is 1. The van der Waals surface area contributed by atoms with Crippen LogP contribution >= 0.6 is 11.3 Å². The van der Waals surface area contributed by atoms with E-state index in [1.54, 1.807) is 7.11 Å². The molecule has 2 fully saturated rings. The molecule has 0 bridgehead atoms. The maximum Gasteiger partial charge on any atom is 0.323 e.